The summed E-state index contributed by atoms with van der Waals surface area (Å²) < 4.78 is 0. The molecule has 0 amide bonds. The normalized spacial score (nSPS) is 14.7. The fraction of sp³-hybridized carbons (Fsp3) is 0.385. The molecule has 0 radical (unpaired) electrons. The van der Waals surface area contributed by atoms with E-state index in [1.807, 2.05) is 12.3 Å². The maximum Gasteiger partial charge on any atom is 0.309 e. The monoisotopic (exact) mass is 402 g/mol. The van der Waals surface area contributed by atoms with Gasteiger partial charge in [0, 0.05) is 31.2 Å². The van der Waals surface area contributed by atoms with E-state index in [0.717, 1.165) is 29.4 Å². The Kier molecular flexibility index (Phi) is 6.44. The standard InChI is InChI=1S/C26H30N2O2/c1-2-3-4-5-7-19-9-11-20(12-10-19)23-14-13-21(25-24(23)8-6-15-27-25)16-28-17-22(18-28)26(29)30/h6,8-15,22H,2-5,7,16-18H2,1H3,(H,29,30). The van der Waals surface area contributed by atoms with Crippen molar-refractivity contribution in [3.05, 3.63) is 65.9 Å². The fourth-order valence-corrected chi connectivity index (χ4v) is 4.31. The minimum Gasteiger partial charge on any atom is -0.481 e. The first-order valence-corrected chi connectivity index (χ1v) is 11.1. The lowest BCUT2D eigenvalue weighted by molar-refractivity contribution is -0.147. The Morgan fingerprint density at radius 1 is 1.07 bits per heavy atom. The minimum atomic E-state index is -0.696. The number of carboxylic acids is 1. The van der Waals surface area contributed by atoms with E-state index in [1.165, 1.54) is 42.4 Å². The molecule has 0 atom stereocenters. The average Bonchev–Trinajstić information content (AvgIpc) is 2.73. The van der Waals surface area contributed by atoms with Crippen LogP contribution in [0.5, 0.6) is 0 Å². The van der Waals surface area contributed by atoms with Crippen LogP contribution in [0.25, 0.3) is 22.0 Å². The molecule has 0 bridgehead atoms. The van der Waals surface area contributed by atoms with Gasteiger partial charge in [0.1, 0.15) is 0 Å². The van der Waals surface area contributed by atoms with Crippen LogP contribution in [0.2, 0.25) is 0 Å². The number of carbonyl (C=O) groups is 1. The maximum atomic E-state index is 11.1. The molecule has 30 heavy (non-hydrogen) atoms. The van der Waals surface area contributed by atoms with E-state index in [0.29, 0.717) is 13.1 Å². The lowest BCUT2D eigenvalue weighted by atomic mass is 9.95. The van der Waals surface area contributed by atoms with E-state index in [4.69, 9.17) is 5.11 Å². The molecule has 0 unspecified atom stereocenters. The molecule has 4 heteroatoms. The average molecular weight is 403 g/mol. The number of pyridine rings is 1. The Morgan fingerprint density at radius 3 is 2.60 bits per heavy atom. The summed E-state index contributed by atoms with van der Waals surface area (Å²) in [5.41, 5.74) is 5.99. The van der Waals surface area contributed by atoms with Crippen LogP contribution in [-0.4, -0.2) is 34.0 Å². The van der Waals surface area contributed by atoms with Crippen LogP contribution in [0.1, 0.15) is 43.7 Å². The maximum absolute atomic E-state index is 11.1. The molecule has 1 N–H and O–H groups in total. The number of fused-ring (bicyclic) bond motifs is 1. The van der Waals surface area contributed by atoms with Gasteiger partial charge in [0.2, 0.25) is 0 Å². The van der Waals surface area contributed by atoms with Gasteiger partial charge in [0.15, 0.2) is 0 Å². The smallest absolute Gasteiger partial charge is 0.309 e. The number of carboxylic acid groups (broad SMARTS) is 1. The first kappa shape index (κ1) is 20.5. The van der Waals surface area contributed by atoms with Crippen molar-refractivity contribution in [3.8, 4) is 11.1 Å². The van der Waals surface area contributed by atoms with E-state index in [2.05, 4.69) is 59.3 Å². The van der Waals surface area contributed by atoms with E-state index in [1.54, 1.807) is 0 Å². The highest BCUT2D eigenvalue weighted by atomic mass is 16.4. The predicted octanol–water partition coefficient (Wildman–Crippen LogP) is 5.54. The highest BCUT2D eigenvalue weighted by Gasteiger charge is 2.32. The van der Waals surface area contributed by atoms with Gasteiger partial charge < -0.3 is 5.11 Å². The highest BCUT2D eigenvalue weighted by Crippen LogP contribution is 2.31. The predicted molar refractivity (Wildman–Crippen MR) is 121 cm³/mol. The minimum absolute atomic E-state index is 0.232. The van der Waals surface area contributed by atoms with Crippen LogP contribution < -0.4 is 0 Å². The van der Waals surface area contributed by atoms with Crippen molar-refractivity contribution >= 4 is 16.9 Å². The second kappa shape index (κ2) is 9.40. The number of aryl methyl sites for hydroxylation is 1. The second-order valence-corrected chi connectivity index (χ2v) is 8.41. The molecule has 3 aromatic rings. The summed E-state index contributed by atoms with van der Waals surface area (Å²) in [5.74, 6) is -0.928. The molecule has 156 valence electrons. The molecule has 1 aliphatic heterocycles. The summed E-state index contributed by atoms with van der Waals surface area (Å²) in [5, 5.41) is 10.3. The third kappa shape index (κ3) is 4.54. The first-order chi connectivity index (χ1) is 14.7. The Labute approximate surface area is 178 Å². The van der Waals surface area contributed by atoms with Crippen LogP contribution in [0.3, 0.4) is 0 Å². The SMILES string of the molecule is CCCCCCc1ccc(-c2ccc(CN3CC(C(=O)O)C3)c3ncccc23)cc1. The van der Waals surface area contributed by atoms with Crippen molar-refractivity contribution in [1.82, 2.24) is 9.88 Å². The van der Waals surface area contributed by atoms with Crippen molar-refractivity contribution in [2.75, 3.05) is 13.1 Å². The molecule has 4 rings (SSSR count). The molecule has 4 nitrogen and oxygen atoms in total. The number of nitrogens with zero attached hydrogens (tertiary/aromatic N) is 2. The zero-order valence-corrected chi connectivity index (χ0v) is 17.7. The van der Waals surface area contributed by atoms with Crippen LogP contribution in [-0.2, 0) is 17.8 Å². The fourth-order valence-electron chi connectivity index (χ4n) is 4.31. The summed E-state index contributed by atoms with van der Waals surface area (Å²) in [6.07, 6.45) is 8.14. The molecule has 0 spiro atoms. The van der Waals surface area contributed by atoms with E-state index >= 15 is 0 Å². The summed E-state index contributed by atoms with van der Waals surface area (Å²) in [4.78, 5) is 17.9. The van der Waals surface area contributed by atoms with E-state index in [-0.39, 0.29) is 5.92 Å². The quantitative estimate of drug-likeness (QED) is 0.477. The topological polar surface area (TPSA) is 53.4 Å². The van der Waals surface area contributed by atoms with Crippen LogP contribution >= 0.6 is 0 Å². The highest BCUT2D eigenvalue weighted by molar-refractivity contribution is 5.96. The van der Waals surface area contributed by atoms with Crippen LogP contribution in [0.4, 0.5) is 0 Å². The summed E-state index contributed by atoms with van der Waals surface area (Å²) in [6.45, 7) is 4.22. The van der Waals surface area contributed by atoms with Gasteiger partial charge in [-0.2, -0.15) is 0 Å². The van der Waals surface area contributed by atoms with Crippen molar-refractivity contribution in [3.63, 3.8) is 0 Å². The summed E-state index contributed by atoms with van der Waals surface area (Å²) >= 11 is 0. The number of rotatable bonds is 9. The molecule has 2 aromatic carbocycles. The molecule has 2 heterocycles. The van der Waals surface area contributed by atoms with Crippen LogP contribution in [0, 0.1) is 5.92 Å². The van der Waals surface area contributed by atoms with Crippen LogP contribution in [0.15, 0.2) is 54.7 Å². The van der Waals surface area contributed by atoms with Gasteiger partial charge in [0.05, 0.1) is 11.4 Å². The van der Waals surface area contributed by atoms with Gasteiger partial charge in [0.25, 0.3) is 0 Å². The lowest BCUT2D eigenvalue weighted by Gasteiger charge is -2.36. The molecular weight excluding hydrogens is 372 g/mol. The number of aromatic nitrogens is 1. The van der Waals surface area contributed by atoms with E-state index < -0.39 is 5.97 Å². The Hall–Kier alpha value is -2.72. The first-order valence-electron chi connectivity index (χ1n) is 11.1. The lowest BCUT2D eigenvalue weighted by Crippen LogP contribution is -2.49. The van der Waals surface area contributed by atoms with Crippen molar-refractivity contribution in [1.29, 1.82) is 0 Å². The number of benzene rings is 2. The van der Waals surface area contributed by atoms with E-state index in [9.17, 15) is 4.79 Å². The molecule has 1 saturated heterocycles. The zero-order valence-electron chi connectivity index (χ0n) is 17.7. The van der Waals surface area contributed by atoms with Crippen molar-refractivity contribution in [2.45, 2.75) is 45.6 Å². The Balaban J connectivity index is 1.52. The third-order valence-corrected chi connectivity index (χ3v) is 6.14. The van der Waals surface area contributed by atoms with Gasteiger partial charge in [-0.25, -0.2) is 0 Å². The molecule has 0 saturated carbocycles. The summed E-state index contributed by atoms with van der Waals surface area (Å²) in [7, 11) is 0. The molecule has 1 fully saturated rings. The van der Waals surface area contributed by atoms with Gasteiger partial charge in [-0.1, -0.05) is 68.7 Å². The largest absolute Gasteiger partial charge is 0.481 e. The number of hydrogen-bond acceptors (Lipinski definition) is 3. The number of likely N-dealkylation sites (tertiary alicyclic amines) is 1. The van der Waals surface area contributed by atoms with Gasteiger partial charge in [-0.15, -0.1) is 0 Å². The van der Waals surface area contributed by atoms with Gasteiger partial charge >= 0.3 is 5.97 Å². The number of aliphatic carboxylic acids is 1. The zero-order chi connectivity index (χ0) is 20.9. The second-order valence-electron chi connectivity index (χ2n) is 8.41. The Morgan fingerprint density at radius 2 is 1.87 bits per heavy atom. The Bertz CT molecular complexity index is 1010. The third-order valence-electron chi connectivity index (χ3n) is 6.14. The summed E-state index contributed by atoms with van der Waals surface area (Å²) in [6, 6.07) is 17.4. The van der Waals surface area contributed by atoms with Crippen molar-refractivity contribution < 1.29 is 9.90 Å². The number of hydrogen-bond donors (Lipinski definition) is 1. The molecular formula is C26H30N2O2. The molecule has 1 aliphatic rings. The van der Waals surface area contributed by atoms with Gasteiger partial charge in [-0.05, 0) is 41.2 Å². The van der Waals surface area contributed by atoms with Gasteiger partial charge in [-0.3, -0.25) is 14.7 Å². The molecule has 1 aromatic heterocycles. The van der Waals surface area contributed by atoms with Crippen molar-refractivity contribution in [2.24, 2.45) is 5.92 Å². The number of unbranched alkanes of at least 4 members (excludes halogenated alkanes) is 3. The molecule has 0 aliphatic carbocycles.